The molecule has 2 heterocycles. The zero-order chi connectivity index (χ0) is 22.3. The number of imide groups is 1. The third kappa shape index (κ3) is 2.75. The van der Waals surface area contributed by atoms with Crippen LogP contribution in [0.25, 0.3) is 10.9 Å². The summed E-state index contributed by atoms with van der Waals surface area (Å²) in [6.45, 7) is 0.623. The summed E-state index contributed by atoms with van der Waals surface area (Å²) in [5.41, 5.74) is 2.95. The highest BCUT2D eigenvalue weighted by molar-refractivity contribution is 6.31. The number of hydrogen-bond acceptors (Lipinski definition) is 3. The Bertz CT molecular complexity index is 1350. The monoisotopic (exact) mass is 455 g/mol. The van der Waals surface area contributed by atoms with Gasteiger partial charge >= 0.3 is 0 Å². The maximum atomic E-state index is 13.2. The Kier molecular flexibility index (Phi) is 4.04. The lowest BCUT2D eigenvalue weighted by Gasteiger charge is -2.37. The molecule has 33 heavy (non-hydrogen) atoms. The highest BCUT2D eigenvalue weighted by Gasteiger charge is 2.67. The first-order valence-corrected chi connectivity index (χ1v) is 11.9. The number of hydrazone groups is 1. The van der Waals surface area contributed by atoms with Gasteiger partial charge in [-0.25, -0.2) is 0 Å². The van der Waals surface area contributed by atoms with E-state index in [-0.39, 0.29) is 35.5 Å². The standard InChI is InChI=1S/C27H22ClN3O2/c28-22-7-3-1-5-15(22)13-30-14-16(17-6-2-4-8-23(17)30)12-29-31-26(32)24-18-9-10-19(21-11-20(18)21)25(24)27(31)33/h1-10,12,14,18-21,24-25H,11,13H2/b29-12-/t18-,19-,20-,21-,24-,25+/m0/s1. The molecule has 2 saturated carbocycles. The average Bonchev–Trinajstić information content (AvgIpc) is 3.54. The fraction of sp³-hybridized carbons (Fsp3) is 0.296. The minimum absolute atomic E-state index is 0.134. The number of benzene rings is 2. The van der Waals surface area contributed by atoms with Gasteiger partial charge in [-0.05, 0) is 47.8 Å². The Morgan fingerprint density at radius 2 is 1.61 bits per heavy atom. The van der Waals surface area contributed by atoms with Gasteiger partial charge in [0.2, 0.25) is 0 Å². The number of allylic oxidation sites excluding steroid dienone is 2. The van der Waals surface area contributed by atoms with E-state index in [0.717, 1.165) is 38.5 Å². The fourth-order valence-electron chi connectivity index (χ4n) is 6.49. The normalized spacial score (nSPS) is 31.6. The van der Waals surface area contributed by atoms with E-state index in [1.807, 2.05) is 48.7 Å². The average molecular weight is 456 g/mol. The molecular formula is C27H22ClN3O2. The van der Waals surface area contributed by atoms with Gasteiger partial charge in [-0.2, -0.15) is 10.1 Å². The smallest absolute Gasteiger partial charge is 0.254 e. The van der Waals surface area contributed by atoms with Crippen LogP contribution < -0.4 is 0 Å². The molecule has 5 aliphatic rings. The molecule has 164 valence electrons. The number of carbonyl (C=O) groups excluding carboxylic acids is 2. The van der Waals surface area contributed by atoms with Crippen molar-refractivity contribution in [1.29, 1.82) is 0 Å². The highest BCUT2D eigenvalue weighted by Crippen LogP contribution is 2.65. The third-order valence-corrected chi connectivity index (χ3v) is 8.44. The zero-order valence-corrected chi connectivity index (χ0v) is 18.6. The van der Waals surface area contributed by atoms with Crippen molar-refractivity contribution in [2.24, 2.45) is 40.6 Å². The predicted octanol–water partition coefficient (Wildman–Crippen LogP) is 4.73. The summed E-state index contributed by atoms with van der Waals surface area (Å²) >= 11 is 6.39. The summed E-state index contributed by atoms with van der Waals surface area (Å²) in [5.74, 6) is 0.870. The van der Waals surface area contributed by atoms with E-state index < -0.39 is 0 Å². The Balaban J connectivity index is 1.22. The molecule has 2 amide bonds. The predicted molar refractivity (Wildman–Crippen MR) is 127 cm³/mol. The molecule has 2 bridgehead atoms. The Morgan fingerprint density at radius 1 is 0.939 bits per heavy atom. The molecule has 0 spiro atoms. The second-order valence-electron chi connectivity index (χ2n) is 9.71. The lowest BCUT2D eigenvalue weighted by Crippen LogP contribution is -2.40. The molecule has 3 fully saturated rings. The van der Waals surface area contributed by atoms with Gasteiger partial charge in [0, 0.05) is 34.2 Å². The van der Waals surface area contributed by atoms with Gasteiger partial charge in [-0.1, -0.05) is 60.2 Å². The van der Waals surface area contributed by atoms with Crippen LogP contribution in [0.4, 0.5) is 0 Å². The molecular weight excluding hydrogens is 434 g/mol. The summed E-state index contributed by atoms with van der Waals surface area (Å²) in [6.07, 6.45) is 9.19. The number of carbonyl (C=O) groups is 2. The molecule has 3 aromatic rings. The lowest BCUT2D eigenvalue weighted by atomic mass is 9.63. The van der Waals surface area contributed by atoms with Gasteiger partial charge in [0.1, 0.15) is 0 Å². The Morgan fingerprint density at radius 3 is 2.33 bits per heavy atom. The summed E-state index contributed by atoms with van der Waals surface area (Å²) < 4.78 is 2.13. The van der Waals surface area contributed by atoms with Crippen molar-refractivity contribution in [3.8, 4) is 0 Å². The lowest BCUT2D eigenvalue weighted by molar-refractivity contribution is -0.140. The van der Waals surface area contributed by atoms with E-state index >= 15 is 0 Å². The van der Waals surface area contributed by atoms with Crippen molar-refractivity contribution in [2.45, 2.75) is 13.0 Å². The summed E-state index contributed by atoms with van der Waals surface area (Å²) in [7, 11) is 0. The first-order chi connectivity index (χ1) is 16.1. The van der Waals surface area contributed by atoms with E-state index in [9.17, 15) is 9.59 Å². The van der Waals surface area contributed by atoms with Crippen LogP contribution in [0.15, 0.2) is 72.0 Å². The van der Waals surface area contributed by atoms with Gasteiger partial charge in [-0.3, -0.25) is 9.59 Å². The molecule has 1 saturated heterocycles. The molecule has 0 radical (unpaired) electrons. The van der Waals surface area contributed by atoms with Crippen LogP contribution in [0.5, 0.6) is 0 Å². The molecule has 1 aromatic heterocycles. The second kappa shape index (κ2) is 6.91. The largest absolute Gasteiger partial charge is 0.342 e. The quantitative estimate of drug-likeness (QED) is 0.324. The number of nitrogens with zero attached hydrogens (tertiary/aromatic N) is 3. The Labute approximate surface area is 196 Å². The first kappa shape index (κ1) is 19.3. The van der Waals surface area contributed by atoms with E-state index in [4.69, 9.17) is 11.6 Å². The number of aromatic nitrogens is 1. The van der Waals surface area contributed by atoms with Crippen molar-refractivity contribution < 1.29 is 9.59 Å². The van der Waals surface area contributed by atoms with Crippen LogP contribution in [0.3, 0.4) is 0 Å². The van der Waals surface area contributed by atoms with Gasteiger partial charge in [0.05, 0.1) is 18.1 Å². The molecule has 1 aliphatic heterocycles. The van der Waals surface area contributed by atoms with E-state index in [1.165, 1.54) is 0 Å². The number of rotatable bonds is 4. The van der Waals surface area contributed by atoms with Crippen molar-refractivity contribution in [2.75, 3.05) is 0 Å². The topological polar surface area (TPSA) is 54.7 Å². The van der Waals surface area contributed by atoms with Crippen LogP contribution in [-0.4, -0.2) is 27.6 Å². The molecule has 6 atom stereocenters. The number of hydrogen-bond donors (Lipinski definition) is 0. The summed E-state index contributed by atoms with van der Waals surface area (Å²) in [6, 6.07) is 15.9. The van der Waals surface area contributed by atoms with Crippen LogP contribution in [0.1, 0.15) is 17.5 Å². The minimum atomic E-state index is -0.227. The third-order valence-electron chi connectivity index (χ3n) is 8.07. The highest BCUT2D eigenvalue weighted by atomic mass is 35.5. The van der Waals surface area contributed by atoms with Gasteiger partial charge in [0.25, 0.3) is 11.8 Å². The number of para-hydroxylation sites is 1. The van der Waals surface area contributed by atoms with Crippen molar-refractivity contribution in [3.05, 3.63) is 83.0 Å². The van der Waals surface area contributed by atoms with Crippen molar-refractivity contribution >= 4 is 40.5 Å². The van der Waals surface area contributed by atoms with Crippen molar-refractivity contribution in [3.63, 3.8) is 0 Å². The van der Waals surface area contributed by atoms with Crippen LogP contribution in [0, 0.1) is 35.5 Å². The second-order valence-corrected chi connectivity index (χ2v) is 10.1. The first-order valence-electron chi connectivity index (χ1n) is 11.5. The summed E-state index contributed by atoms with van der Waals surface area (Å²) in [5, 5.41) is 7.34. The number of halogens is 1. The van der Waals surface area contributed by atoms with Gasteiger partial charge < -0.3 is 4.57 Å². The van der Waals surface area contributed by atoms with Gasteiger partial charge in [-0.15, -0.1) is 0 Å². The van der Waals surface area contributed by atoms with E-state index in [0.29, 0.717) is 18.4 Å². The van der Waals surface area contributed by atoms with Crippen LogP contribution >= 0.6 is 11.6 Å². The molecule has 8 rings (SSSR count). The number of fused-ring (bicyclic) bond motifs is 1. The van der Waals surface area contributed by atoms with Crippen LogP contribution in [0.2, 0.25) is 5.02 Å². The molecule has 0 unspecified atom stereocenters. The van der Waals surface area contributed by atoms with E-state index in [1.54, 1.807) is 6.21 Å². The molecule has 5 nitrogen and oxygen atoms in total. The SMILES string of the molecule is O=C1[C@@H]2[C@H]3C=C[C@@H]([C@@H]4C[C@@H]34)[C@@H]2C(=O)N1/N=C\c1cn(Cc2ccccc2Cl)c2ccccc12. The Hall–Kier alpha value is -3.18. The van der Waals surface area contributed by atoms with Crippen LogP contribution in [-0.2, 0) is 16.1 Å². The minimum Gasteiger partial charge on any atom is -0.342 e. The van der Waals surface area contributed by atoms with E-state index in [2.05, 4.69) is 27.9 Å². The zero-order valence-electron chi connectivity index (χ0n) is 17.8. The molecule has 2 aromatic carbocycles. The fourth-order valence-corrected chi connectivity index (χ4v) is 6.69. The molecule has 0 N–H and O–H groups in total. The maximum Gasteiger partial charge on any atom is 0.254 e. The molecule has 6 heteroatoms. The van der Waals surface area contributed by atoms with Gasteiger partial charge in [0.15, 0.2) is 0 Å². The summed E-state index contributed by atoms with van der Waals surface area (Å²) in [4.78, 5) is 26.4. The maximum absolute atomic E-state index is 13.2. The van der Waals surface area contributed by atoms with Crippen molar-refractivity contribution in [1.82, 2.24) is 9.58 Å². The molecule has 4 aliphatic carbocycles. The number of amides is 2.